The van der Waals surface area contributed by atoms with Crippen molar-refractivity contribution in [1.82, 2.24) is 20.4 Å². The Morgan fingerprint density at radius 2 is 2.03 bits per heavy atom. The van der Waals surface area contributed by atoms with E-state index in [2.05, 4.69) is 39.8 Å². The quantitative estimate of drug-likeness (QED) is 0.512. The maximum atomic E-state index is 11.0. The number of carbonyl (C=O) groups excluding carboxylic acids is 1. The van der Waals surface area contributed by atoms with Gasteiger partial charge in [0, 0.05) is 31.3 Å². The topological polar surface area (TPSA) is 111 Å². The summed E-state index contributed by atoms with van der Waals surface area (Å²) in [5.74, 6) is 0.608. The molecule has 3 aromatic rings. The molecule has 0 bridgehead atoms. The molecule has 0 spiro atoms. The number of aliphatic hydroxyl groups is 1. The van der Waals surface area contributed by atoms with Gasteiger partial charge in [0.2, 0.25) is 0 Å². The van der Waals surface area contributed by atoms with E-state index < -0.39 is 0 Å². The van der Waals surface area contributed by atoms with E-state index in [9.17, 15) is 15.2 Å². The molecule has 37 heavy (non-hydrogen) atoms. The molecular formula is C28H33N5O3S. The molecule has 1 atom stereocenters. The molecular weight excluding hydrogens is 486 g/mol. The molecule has 1 aromatic heterocycles. The van der Waals surface area contributed by atoms with E-state index in [1.54, 1.807) is 23.3 Å². The number of urea groups is 1. The average molecular weight is 520 g/mol. The smallest absolute Gasteiger partial charge is 0.317 e. The van der Waals surface area contributed by atoms with Gasteiger partial charge in [-0.15, -0.1) is 10.2 Å². The number of nitrogens with zero attached hydrogens (tertiary/aromatic N) is 4. The molecule has 1 unspecified atom stereocenters. The number of aromatic nitrogens is 2. The summed E-state index contributed by atoms with van der Waals surface area (Å²) in [6.45, 7) is 5.13. The molecule has 1 fully saturated rings. The first kappa shape index (κ1) is 26.6. The summed E-state index contributed by atoms with van der Waals surface area (Å²) >= 11 is 1.57. The minimum absolute atomic E-state index is 0.0289. The van der Waals surface area contributed by atoms with Crippen molar-refractivity contribution < 1.29 is 14.6 Å². The molecule has 0 saturated carbocycles. The van der Waals surface area contributed by atoms with Gasteiger partial charge in [-0.2, -0.15) is 5.26 Å². The van der Waals surface area contributed by atoms with Gasteiger partial charge in [-0.3, -0.25) is 0 Å². The SMILES string of the molecule is CC(C)Oc1ccc(-c2nnc(-c3cccc4c3CCC4)s2)cc1C#N.CNC(=O)N1CCCC(O)C1. The highest BCUT2D eigenvalue weighted by Crippen LogP contribution is 2.37. The van der Waals surface area contributed by atoms with Crippen molar-refractivity contribution in [3.63, 3.8) is 0 Å². The summed E-state index contributed by atoms with van der Waals surface area (Å²) in [6, 6.07) is 14.2. The molecule has 2 aromatic carbocycles. The maximum Gasteiger partial charge on any atom is 0.317 e. The number of piperidine rings is 1. The molecule has 8 nitrogen and oxygen atoms in total. The van der Waals surface area contributed by atoms with Crippen LogP contribution in [0.15, 0.2) is 36.4 Å². The number of rotatable bonds is 4. The summed E-state index contributed by atoms with van der Waals surface area (Å²) in [5, 5.41) is 31.7. The van der Waals surface area contributed by atoms with Crippen molar-refractivity contribution in [1.29, 1.82) is 5.26 Å². The van der Waals surface area contributed by atoms with Gasteiger partial charge in [-0.25, -0.2) is 4.79 Å². The van der Waals surface area contributed by atoms with Crippen LogP contribution in [0.3, 0.4) is 0 Å². The number of hydrogen-bond acceptors (Lipinski definition) is 7. The number of fused-ring (bicyclic) bond motifs is 1. The van der Waals surface area contributed by atoms with Crippen LogP contribution in [0.2, 0.25) is 0 Å². The number of aryl methyl sites for hydroxylation is 1. The van der Waals surface area contributed by atoms with Crippen LogP contribution in [0, 0.1) is 11.3 Å². The van der Waals surface area contributed by atoms with Gasteiger partial charge >= 0.3 is 6.03 Å². The predicted molar refractivity (Wildman–Crippen MR) is 145 cm³/mol. The molecule has 2 amide bonds. The van der Waals surface area contributed by atoms with Crippen LogP contribution < -0.4 is 10.1 Å². The molecule has 9 heteroatoms. The molecule has 2 aliphatic rings. The zero-order valence-electron chi connectivity index (χ0n) is 21.5. The number of ether oxygens (including phenoxy) is 1. The van der Waals surface area contributed by atoms with E-state index in [0.717, 1.165) is 47.8 Å². The molecule has 2 N–H and O–H groups in total. The lowest BCUT2D eigenvalue weighted by Crippen LogP contribution is -2.46. The summed E-state index contributed by atoms with van der Waals surface area (Å²) in [4.78, 5) is 12.6. The van der Waals surface area contributed by atoms with Gasteiger partial charge < -0.3 is 20.1 Å². The number of β-amino-alcohol motifs (C(OH)–C–C–N with tert-alkyl or cyclic N) is 1. The lowest BCUT2D eigenvalue weighted by molar-refractivity contribution is 0.0849. The number of amides is 2. The zero-order valence-corrected chi connectivity index (χ0v) is 22.3. The Morgan fingerprint density at radius 3 is 2.76 bits per heavy atom. The molecule has 1 saturated heterocycles. The van der Waals surface area contributed by atoms with E-state index in [-0.39, 0.29) is 18.2 Å². The first-order chi connectivity index (χ1) is 17.9. The van der Waals surface area contributed by atoms with Crippen LogP contribution in [0.4, 0.5) is 4.79 Å². The van der Waals surface area contributed by atoms with Crippen molar-refractivity contribution >= 4 is 17.4 Å². The fraction of sp³-hybridized carbons (Fsp3) is 0.429. The molecule has 1 aliphatic carbocycles. The number of benzene rings is 2. The second-order valence-electron chi connectivity index (χ2n) is 9.50. The van der Waals surface area contributed by atoms with Crippen LogP contribution in [-0.4, -0.2) is 58.6 Å². The molecule has 194 valence electrons. The lowest BCUT2D eigenvalue weighted by Gasteiger charge is -2.29. The number of nitrogens with one attached hydrogen (secondary N) is 1. The monoisotopic (exact) mass is 519 g/mol. The van der Waals surface area contributed by atoms with Gasteiger partial charge in [0.05, 0.1) is 17.8 Å². The van der Waals surface area contributed by atoms with Crippen LogP contribution in [0.5, 0.6) is 5.75 Å². The van der Waals surface area contributed by atoms with Crippen LogP contribution in [-0.2, 0) is 12.8 Å². The highest BCUT2D eigenvalue weighted by molar-refractivity contribution is 7.17. The summed E-state index contributed by atoms with van der Waals surface area (Å²) in [5.41, 5.74) is 5.46. The van der Waals surface area contributed by atoms with Crippen molar-refractivity contribution in [2.24, 2.45) is 0 Å². The van der Waals surface area contributed by atoms with Crippen molar-refractivity contribution in [2.75, 3.05) is 20.1 Å². The molecule has 1 aliphatic heterocycles. The predicted octanol–water partition coefficient (Wildman–Crippen LogP) is 4.80. The van der Waals surface area contributed by atoms with E-state index >= 15 is 0 Å². The Balaban J connectivity index is 0.000000245. The molecule has 5 rings (SSSR count). The van der Waals surface area contributed by atoms with Crippen molar-refractivity contribution in [3.8, 4) is 33.0 Å². The molecule has 0 radical (unpaired) electrons. The Labute approximate surface area is 221 Å². The normalized spacial score (nSPS) is 16.4. The number of nitriles is 1. The van der Waals surface area contributed by atoms with E-state index in [1.165, 1.54) is 23.1 Å². The van der Waals surface area contributed by atoms with Gasteiger partial charge in [0.1, 0.15) is 21.8 Å². The fourth-order valence-corrected chi connectivity index (χ4v) is 5.57. The van der Waals surface area contributed by atoms with E-state index in [0.29, 0.717) is 17.9 Å². The van der Waals surface area contributed by atoms with Crippen LogP contribution in [0.25, 0.3) is 21.1 Å². The summed E-state index contributed by atoms with van der Waals surface area (Å²) in [7, 11) is 1.60. The minimum atomic E-state index is -0.332. The maximum absolute atomic E-state index is 11.0. The number of aliphatic hydroxyl groups excluding tert-OH is 1. The van der Waals surface area contributed by atoms with Crippen LogP contribution in [0.1, 0.15) is 49.8 Å². The Kier molecular flexibility index (Phi) is 8.74. The third-order valence-corrected chi connectivity index (χ3v) is 7.41. The lowest BCUT2D eigenvalue weighted by atomic mass is 10.0. The van der Waals surface area contributed by atoms with Gasteiger partial charge in [0.15, 0.2) is 0 Å². The Morgan fingerprint density at radius 1 is 1.22 bits per heavy atom. The first-order valence-corrected chi connectivity index (χ1v) is 13.5. The largest absolute Gasteiger partial charge is 0.490 e. The highest BCUT2D eigenvalue weighted by Gasteiger charge is 2.21. The second kappa shape index (κ2) is 12.2. The summed E-state index contributed by atoms with van der Waals surface area (Å²) < 4.78 is 5.70. The highest BCUT2D eigenvalue weighted by atomic mass is 32.1. The van der Waals surface area contributed by atoms with Crippen molar-refractivity contribution in [3.05, 3.63) is 53.1 Å². The first-order valence-electron chi connectivity index (χ1n) is 12.7. The van der Waals surface area contributed by atoms with Crippen molar-refractivity contribution in [2.45, 2.75) is 58.2 Å². The summed E-state index contributed by atoms with van der Waals surface area (Å²) in [6.07, 6.45) is 4.88. The second-order valence-corrected chi connectivity index (χ2v) is 10.5. The van der Waals surface area contributed by atoms with E-state index in [1.807, 2.05) is 32.0 Å². The number of likely N-dealkylation sites (tertiary alicyclic amines) is 1. The molecule has 2 heterocycles. The van der Waals surface area contributed by atoms with Gasteiger partial charge in [-0.05, 0) is 75.3 Å². The van der Waals surface area contributed by atoms with Gasteiger partial charge in [-0.1, -0.05) is 29.5 Å². The third-order valence-electron chi connectivity index (χ3n) is 6.41. The number of hydrogen-bond donors (Lipinski definition) is 2. The average Bonchev–Trinajstić information content (AvgIpc) is 3.58. The van der Waals surface area contributed by atoms with Gasteiger partial charge in [0.25, 0.3) is 0 Å². The van der Waals surface area contributed by atoms with E-state index in [4.69, 9.17) is 4.74 Å². The Bertz CT molecular complexity index is 1280. The Hall–Kier alpha value is -3.48. The minimum Gasteiger partial charge on any atom is -0.490 e. The number of carbonyl (C=O) groups is 1. The standard InChI is InChI=1S/C21H19N3OS.C7H14N2O2/c1-13(2)25-19-10-9-15(11-16(19)12-22)20-23-24-21(26-20)18-8-4-6-14-5-3-7-17(14)18;1-8-7(11)9-4-2-3-6(10)5-9/h4,6,8-11,13H,3,5,7H2,1-2H3;6,10H,2-5H2,1H3,(H,8,11). The third kappa shape index (κ3) is 6.45. The fourth-order valence-electron chi connectivity index (χ4n) is 4.67. The van der Waals surface area contributed by atoms with Crippen LogP contribution >= 0.6 is 11.3 Å². The zero-order chi connectivity index (χ0) is 26.4.